The van der Waals surface area contributed by atoms with Gasteiger partial charge < -0.3 is 4.40 Å². The highest BCUT2D eigenvalue weighted by Gasteiger charge is 2.16. The molecule has 0 amide bonds. The fourth-order valence-electron chi connectivity index (χ4n) is 3.39. The van der Waals surface area contributed by atoms with E-state index in [0.717, 1.165) is 11.2 Å². The number of hydrogen-bond donors (Lipinski definition) is 0. The Kier molecular flexibility index (Phi) is 1.68. The second-order valence-electron chi connectivity index (χ2n) is 5.37. The molecule has 0 spiro atoms. The molecule has 94 valence electrons. The zero-order valence-corrected chi connectivity index (χ0v) is 11.1. The minimum absolute atomic E-state index is 1.07. The van der Waals surface area contributed by atoms with Crippen LogP contribution in [0, 0.1) is 6.92 Å². The second-order valence-corrected chi connectivity index (χ2v) is 5.37. The van der Waals surface area contributed by atoms with Gasteiger partial charge in [0.05, 0.1) is 22.1 Å². The van der Waals surface area contributed by atoms with Gasteiger partial charge in [0, 0.05) is 21.9 Å². The average molecular weight is 256 g/mol. The van der Waals surface area contributed by atoms with Crippen molar-refractivity contribution in [2.75, 3.05) is 0 Å². The highest BCUT2D eigenvalue weighted by atomic mass is 14.9. The highest BCUT2D eigenvalue weighted by molar-refractivity contribution is 6.22. The van der Waals surface area contributed by atoms with E-state index in [4.69, 9.17) is 4.98 Å². The minimum Gasteiger partial charge on any atom is -0.306 e. The van der Waals surface area contributed by atoms with Crippen LogP contribution in [0.3, 0.4) is 0 Å². The second kappa shape index (κ2) is 3.28. The summed E-state index contributed by atoms with van der Waals surface area (Å²) in [5.41, 5.74) is 5.93. The molecule has 0 N–H and O–H groups in total. The Morgan fingerprint density at radius 2 is 1.55 bits per heavy atom. The summed E-state index contributed by atoms with van der Waals surface area (Å²) in [5, 5.41) is 3.88. The first-order chi connectivity index (χ1) is 9.84. The third-order valence-electron chi connectivity index (χ3n) is 4.20. The number of fused-ring (bicyclic) bond motifs is 6. The van der Waals surface area contributed by atoms with Crippen LogP contribution < -0.4 is 0 Å². The van der Waals surface area contributed by atoms with E-state index in [2.05, 4.69) is 59.0 Å². The normalized spacial score (nSPS) is 12.2. The maximum absolute atomic E-state index is 4.75. The molecule has 0 aliphatic rings. The fourth-order valence-corrected chi connectivity index (χ4v) is 3.39. The molecule has 0 aliphatic heterocycles. The summed E-state index contributed by atoms with van der Waals surface area (Å²) < 4.78 is 2.35. The van der Waals surface area contributed by atoms with Crippen LogP contribution >= 0.6 is 0 Å². The number of aryl methyl sites for hydroxylation is 1. The largest absolute Gasteiger partial charge is 0.306 e. The first kappa shape index (κ1) is 10.2. The maximum Gasteiger partial charge on any atom is 0.0966 e. The molecule has 2 aromatic carbocycles. The lowest BCUT2D eigenvalue weighted by Gasteiger charge is -1.97. The van der Waals surface area contributed by atoms with Gasteiger partial charge in [-0.2, -0.15) is 0 Å². The van der Waals surface area contributed by atoms with E-state index in [1.165, 1.54) is 32.7 Å². The molecule has 2 heteroatoms. The van der Waals surface area contributed by atoms with E-state index in [1.54, 1.807) is 0 Å². The van der Waals surface area contributed by atoms with E-state index in [9.17, 15) is 0 Å². The minimum atomic E-state index is 1.07. The molecule has 3 heterocycles. The smallest absolute Gasteiger partial charge is 0.0966 e. The zero-order chi connectivity index (χ0) is 13.3. The molecule has 20 heavy (non-hydrogen) atoms. The standard InChI is InChI=1S/C18H12N2/c1-11-9-10-16-17(19-11)14-7-4-6-13-12-5-2-3-8-15(12)20(16)18(13)14/h2-10H,1H3. The number of hydrogen-bond acceptors (Lipinski definition) is 1. The Labute approximate surface area is 115 Å². The van der Waals surface area contributed by atoms with Gasteiger partial charge in [-0.15, -0.1) is 0 Å². The molecule has 3 aromatic heterocycles. The number of benzene rings is 2. The molecule has 0 aliphatic carbocycles. The summed E-state index contributed by atoms with van der Waals surface area (Å²) in [6, 6.07) is 19.4. The number of aromatic nitrogens is 2. The van der Waals surface area contributed by atoms with Gasteiger partial charge in [0.2, 0.25) is 0 Å². The SMILES string of the molecule is Cc1ccc2c(n1)c1cccc3c4ccccc4n2c31. The summed E-state index contributed by atoms with van der Waals surface area (Å²) >= 11 is 0. The molecule has 0 saturated carbocycles. The number of rotatable bonds is 0. The van der Waals surface area contributed by atoms with Gasteiger partial charge in [0.15, 0.2) is 0 Å². The number of para-hydroxylation sites is 2. The molecule has 0 atom stereocenters. The third kappa shape index (κ3) is 1.04. The van der Waals surface area contributed by atoms with Crippen LogP contribution in [0.5, 0.6) is 0 Å². The van der Waals surface area contributed by atoms with Crippen molar-refractivity contribution in [2.24, 2.45) is 0 Å². The lowest BCUT2D eigenvalue weighted by Crippen LogP contribution is -1.83. The Balaban J connectivity index is 2.27. The van der Waals surface area contributed by atoms with Crippen molar-refractivity contribution in [1.29, 1.82) is 0 Å². The van der Waals surface area contributed by atoms with Crippen molar-refractivity contribution in [3.05, 3.63) is 60.3 Å². The average Bonchev–Trinajstić information content (AvgIpc) is 2.98. The monoisotopic (exact) mass is 256 g/mol. The van der Waals surface area contributed by atoms with E-state index < -0.39 is 0 Å². The van der Waals surface area contributed by atoms with Crippen LogP contribution in [0.25, 0.3) is 38.2 Å². The summed E-state index contributed by atoms with van der Waals surface area (Å²) in [4.78, 5) is 4.75. The third-order valence-corrected chi connectivity index (χ3v) is 4.20. The first-order valence-electron chi connectivity index (χ1n) is 6.85. The van der Waals surface area contributed by atoms with Gasteiger partial charge in [-0.3, -0.25) is 4.98 Å². The fraction of sp³-hybridized carbons (Fsp3) is 0.0556. The van der Waals surface area contributed by atoms with Gasteiger partial charge in [-0.1, -0.05) is 36.4 Å². The van der Waals surface area contributed by atoms with Crippen molar-refractivity contribution in [1.82, 2.24) is 9.38 Å². The predicted molar refractivity (Wildman–Crippen MR) is 83.6 cm³/mol. The molecule has 0 fully saturated rings. The van der Waals surface area contributed by atoms with Crippen LogP contribution in [0.4, 0.5) is 0 Å². The molecular formula is C18H12N2. The Hall–Kier alpha value is -2.61. The summed E-state index contributed by atoms with van der Waals surface area (Å²) in [6.45, 7) is 2.05. The zero-order valence-electron chi connectivity index (χ0n) is 11.1. The van der Waals surface area contributed by atoms with Crippen LogP contribution in [0.15, 0.2) is 54.6 Å². The number of nitrogens with zero attached hydrogens (tertiary/aromatic N) is 2. The van der Waals surface area contributed by atoms with Gasteiger partial charge in [-0.05, 0) is 25.1 Å². The van der Waals surface area contributed by atoms with Gasteiger partial charge in [-0.25, -0.2) is 0 Å². The quantitative estimate of drug-likeness (QED) is 0.397. The van der Waals surface area contributed by atoms with Crippen LogP contribution in [-0.4, -0.2) is 9.38 Å². The van der Waals surface area contributed by atoms with Crippen LogP contribution in [-0.2, 0) is 0 Å². The Bertz CT molecular complexity index is 1100. The van der Waals surface area contributed by atoms with Gasteiger partial charge >= 0.3 is 0 Å². The van der Waals surface area contributed by atoms with Crippen molar-refractivity contribution in [2.45, 2.75) is 6.92 Å². The molecular weight excluding hydrogens is 244 g/mol. The molecule has 0 unspecified atom stereocenters. The topological polar surface area (TPSA) is 17.3 Å². The van der Waals surface area contributed by atoms with E-state index >= 15 is 0 Å². The number of pyridine rings is 1. The molecule has 0 saturated heterocycles. The van der Waals surface area contributed by atoms with Crippen molar-refractivity contribution >= 4 is 38.2 Å². The van der Waals surface area contributed by atoms with E-state index in [0.29, 0.717) is 0 Å². The lowest BCUT2D eigenvalue weighted by atomic mass is 10.1. The molecule has 5 aromatic rings. The summed E-state index contributed by atoms with van der Waals surface area (Å²) in [7, 11) is 0. The Morgan fingerprint density at radius 1 is 0.750 bits per heavy atom. The molecule has 5 rings (SSSR count). The maximum atomic E-state index is 4.75. The summed E-state index contributed by atoms with van der Waals surface area (Å²) in [6.07, 6.45) is 0. The highest BCUT2D eigenvalue weighted by Crippen LogP contribution is 2.37. The molecule has 0 radical (unpaired) electrons. The van der Waals surface area contributed by atoms with Crippen molar-refractivity contribution in [3.63, 3.8) is 0 Å². The van der Waals surface area contributed by atoms with Crippen molar-refractivity contribution < 1.29 is 0 Å². The molecule has 0 bridgehead atoms. The summed E-state index contributed by atoms with van der Waals surface area (Å²) in [5.74, 6) is 0. The Morgan fingerprint density at radius 3 is 2.50 bits per heavy atom. The van der Waals surface area contributed by atoms with Crippen LogP contribution in [0.2, 0.25) is 0 Å². The van der Waals surface area contributed by atoms with E-state index in [-0.39, 0.29) is 0 Å². The lowest BCUT2D eigenvalue weighted by molar-refractivity contribution is 1.25. The van der Waals surface area contributed by atoms with Gasteiger partial charge in [0.25, 0.3) is 0 Å². The van der Waals surface area contributed by atoms with Gasteiger partial charge in [0.1, 0.15) is 0 Å². The predicted octanol–water partition coefficient (Wildman–Crippen LogP) is 4.54. The first-order valence-corrected chi connectivity index (χ1v) is 6.85. The van der Waals surface area contributed by atoms with Crippen LogP contribution in [0.1, 0.15) is 5.69 Å². The van der Waals surface area contributed by atoms with Crippen molar-refractivity contribution in [3.8, 4) is 0 Å². The molecule has 2 nitrogen and oxygen atoms in total. The van der Waals surface area contributed by atoms with E-state index in [1.807, 2.05) is 6.92 Å².